The van der Waals surface area contributed by atoms with E-state index in [1.165, 1.54) is 0 Å². The van der Waals surface area contributed by atoms with Crippen molar-refractivity contribution in [2.45, 2.75) is 38.3 Å². The number of hydrogen-bond donors (Lipinski definition) is 3. The van der Waals surface area contributed by atoms with E-state index < -0.39 is 6.10 Å². The molecule has 2 amide bonds. The SMILES string of the molecule is Cc1ccc2c(n1)N(C(=O)Nc1cc(CCC(O)CO)ccn1)C1CCN2C1. The third kappa shape index (κ3) is 3.65. The van der Waals surface area contributed by atoms with E-state index in [0.717, 1.165) is 36.5 Å². The Hall–Kier alpha value is -2.71. The molecule has 148 valence electrons. The van der Waals surface area contributed by atoms with E-state index in [4.69, 9.17) is 5.11 Å². The largest absolute Gasteiger partial charge is 0.394 e. The number of amides is 2. The highest BCUT2D eigenvalue weighted by Crippen LogP contribution is 2.38. The molecule has 3 N–H and O–H groups in total. The first-order valence-electron chi connectivity index (χ1n) is 9.62. The molecule has 0 saturated carbocycles. The molecule has 2 aliphatic heterocycles. The minimum Gasteiger partial charge on any atom is -0.394 e. The van der Waals surface area contributed by atoms with Gasteiger partial charge in [0.25, 0.3) is 0 Å². The molecule has 4 rings (SSSR count). The number of hydrogen-bond acceptors (Lipinski definition) is 6. The second kappa shape index (κ2) is 7.73. The summed E-state index contributed by atoms with van der Waals surface area (Å²) in [5.74, 6) is 1.17. The van der Waals surface area contributed by atoms with Gasteiger partial charge in [0.2, 0.25) is 0 Å². The fourth-order valence-corrected chi connectivity index (χ4v) is 3.86. The van der Waals surface area contributed by atoms with Gasteiger partial charge in [-0.3, -0.25) is 10.2 Å². The molecule has 1 fully saturated rings. The van der Waals surface area contributed by atoms with Crippen LogP contribution in [0.1, 0.15) is 24.1 Å². The second-order valence-electron chi connectivity index (χ2n) is 7.41. The molecule has 0 spiro atoms. The smallest absolute Gasteiger partial charge is 0.329 e. The van der Waals surface area contributed by atoms with Crippen molar-refractivity contribution < 1.29 is 15.0 Å². The molecule has 28 heavy (non-hydrogen) atoms. The number of nitrogens with one attached hydrogen (secondary N) is 1. The van der Waals surface area contributed by atoms with Gasteiger partial charge in [0.1, 0.15) is 5.82 Å². The molecule has 0 aliphatic carbocycles. The van der Waals surface area contributed by atoms with E-state index in [1.807, 2.05) is 25.1 Å². The number of pyridine rings is 2. The quantitative estimate of drug-likeness (QED) is 0.726. The van der Waals surface area contributed by atoms with Crippen molar-refractivity contribution >= 4 is 23.4 Å². The number of carbonyl (C=O) groups excluding carboxylic acids is 1. The summed E-state index contributed by atoms with van der Waals surface area (Å²) < 4.78 is 0. The van der Waals surface area contributed by atoms with Crippen molar-refractivity contribution in [1.82, 2.24) is 9.97 Å². The van der Waals surface area contributed by atoms with Crippen LogP contribution in [0.2, 0.25) is 0 Å². The molecule has 0 radical (unpaired) electrons. The Bertz CT molecular complexity index is 875. The Morgan fingerprint density at radius 3 is 3.07 bits per heavy atom. The lowest BCUT2D eigenvalue weighted by Crippen LogP contribution is -2.48. The number of carbonyl (C=O) groups is 1. The molecule has 4 heterocycles. The van der Waals surface area contributed by atoms with Crippen molar-refractivity contribution in [3.05, 3.63) is 41.7 Å². The average molecular weight is 383 g/mol. The standard InChI is InChI=1S/C20H25N5O3/c1-13-2-5-17-19(22-13)25(15-7-9-24(17)11-15)20(28)23-18-10-14(6-8-21-18)3-4-16(27)12-26/h2,5-6,8,10,15-16,26-27H,3-4,7,9,11-12H2,1H3,(H,21,23,28). The van der Waals surface area contributed by atoms with Crippen LogP contribution in [0.4, 0.5) is 22.1 Å². The fourth-order valence-electron chi connectivity index (χ4n) is 3.86. The van der Waals surface area contributed by atoms with E-state index >= 15 is 0 Å². The van der Waals surface area contributed by atoms with Gasteiger partial charge >= 0.3 is 6.03 Å². The number of urea groups is 1. The zero-order valence-electron chi connectivity index (χ0n) is 15.9. The first-order valence-corrected chi connectivity index (χ1v) is 9.62. The number of aliphatic hydroxyl groups excluding tert-OH is 2. The van der Waals surface area contributed by atoms with Crippen molar-refractivity contribution in [3.63, 3.8) is 0 Å². The van der Waals surface area contributed by atoms with Crippen LogP contribution in [0.15, 0.2) is 30.5 Å². The Morgan fingerprint density at radius 2 is 2.25 bits per heavy atom. The monoisotopic (exact) mass is 383 g/mol. The van der Waals surface area contributed by atoms with Gasteiger partial charge in [-0.1, -0.05) is 0 Å². The lowest BCUT2D eigenvalue weighted by Gasteiger charge is -2.35. The highest BCUT2D eigenvalue weighted by Gasteiger charge is 2.40. The minimum absolute atomic E-state index is 0.102. The normalized spacial score (nSPS) is 18.8. The summed E-state index contributed by atoms with van der Waals surface area (Å²) in [5, 5.41) is 21.4. The van der Waals surface area contributed by atoms with Gasteiger partial charge in [-0.05, 0) is 56.0 Å². The molecule has 1 saturated heterocycles. The number of anilines is 3. The Morgan fingerprint density at radius 1 is 1.39 bits per heavy atom. The van der Waals surface area contributed by atoms with Crippen LogP contribution in [0.5, 0.6) is 0 Å². The van der Waals surface area contributed by atoms with Gasteiger partial charge in [-0.25, -0.2) is 14.8 Å². The van der Waals surface area contributed by atoms with E-state index in [1.54, 1.807) is 17.2 Å². The fraction of sp³-hybridized carbons (Fsp3) is 0.450. The zero-order valence-corrected chi connectivity index (χ0v) is 15.9. The summed E-state index contributed by atoms with van der Waals surface area (Å²) in [7, 11) is 0. The van der Waals surface area contributed by atoms with Crippen molar-refractivity contribution in [2.75, 3.05) is 34.8 Å². The molecule has 8 heteroatoms. The van der Waals surface area contributed by atoms with E-state index in [9.17, 15) is 9.90 Å². The van der Waals surface area contributed by atoms with E-state index in [2.05, 4.69) is 20.2 Å². The van der Waals surface area contributed by atoms with Crippen LogP contribution in [-0.4, -0.2) is 58.1 Å². The van der Waals surface area contributed by atoms with Crippen LogP contribution < -0.4 is 15.1 Å². The highest BCUT2D eigenvalue weighted by atomic mass is 16.3. The first kappa shape index (κ1) is 18.6. The van der Waals surface area contributed by atoms with Crippen LogP contribution in [-0.2, 0) is 6.42 Å². The summed E-state index contributed by atoms with van der Waals surface area (Å²) in [6.07, 6.45) is 2.86. The van der Waals surface area contributed by atoms with Crippen molar-refractivity contribution in [1.29, 1.82) is 0 Å². The topological polar surface area (TPSA) is 102 Å². The molecular weight excluding hydrogens is 358 g/mol. The molecule has 2 aromatic rings. The number of fused-ring (bicyclic) bond motifs is 4. The van der Waals surface area contributed by atoms with Gasteiger partial charge in [-0.2, -0.15) is 0 Å². The molecule has 2 aromatic heterocycles. The maximum absolute atomic E-state index is 13.1. The number of nitrogens with zero attached hydrogens (tertiary/aromatic N) is 4. The lowest BCUT2D eigenvalue weighted by molar-refractivity contribution is 0.0886. The van der Waals surface area contributed by atoms with E-state index in [0.29, 0.717) is 24.5 Å². The third-order valence-electron chi connectivity index (χ3n) is 5.35. The van der Waals surface area contributed by atoms with Gasteiger partial charge < -0.3 is 15.1 Å². The molecule has 2 unspecified atom stereocenters. The molecule has 8 nitrogen and oxygen atoms in total. The molecular formula is C20H25N5O3. The number of aromatic nitrogens is 2. The van der Waals surface area contributed by atoms with Crippen molar-refractivity contribution in [3.8, 4) is 0 Å². The summed E-state index contributed by atoms with van der Waals surface area (Å²) in [6.45, 7) is 3.41. The first-order chi connectivity index (χ1) is 13.5. The molecule has 2 aliphatic rings. The molecule has 0 aromatic carbocycles. The Kier molecular flexibility index (Phi) is 5.15. The van der Waals surface area contributed by atoms with Gasteiger partial charge in [0.05, 0.1) is 24.4 Å². The number of aliphatic hydroxyl groups is 2. The maximum atomic E-state index is 13.1. The predicted octanol–water partition coefficient (Wildman–Crippen LogP) is 1.70. The summed E-state index contributed by atoms with van der Waals surface area (Å²) in [6, 6.07) is 7.52. The summed E-state index contributed by atoms with van der Waals surface area (Å²) >= 11 is 0. The predicted molar refractivity (Wildman–Crippen MR) is 107 cm³/mol. The third-order valence-corrected chi connectivity index (χ3v) is 5.35. The zero-order chi connectivity index (χ0) is 19.7. The van der Waals surface area contributed by atoms with Crippen LogP contribution in [0, 0.1) is 6.92 Å². The Balaban J connectivity index is 1.52. The van der Waals surface area contributed by atoms with Crippen LogP contribution >= 0.6 is 0 Å². The van der Waals surface area contributed by atoms with Crippen LogP contribution in [0.3, 0.4) is 0 Å². The maximum Gasteiger partial charge on any atom is 0.329 e. The highest BCUT2D eigenvalue weighted by molar-refractivity contribution is 6.04. The van der Waals surface area contributed by atoms with Crippen molar-refractivity contribution in [2.24, 2.45) is 0 Å². The second-order valence-corrected chi connectivity index (χ2v) is 7.41. The van der Waals surface area contributed by atoms with Gasteiger partial charge in [0.15, 0.2) is 5.82 Å². The van der Waals surface area contributed by atoms with Gasteiger partial charge in [-0.15, -0.1) is 0 Å². The number of aryl methyl sites for hydroxylation is 2. The number of rotatable bonds is 5. The van der Waals surface area contributed by atoms with Crippen LogP contribution in [0.25, 0.3) is 0 Å². The summed E-state index contributed by atoms with van der Waals surface area (Å²) in [5.41, 5.74) is 2.81. The molecule has 2 bridgehead atoms. The Labute approximate surface area is 163 Å². The molecule has 2 atom stereocenters. The van der Waals surface area contributed by atoms with Gasteiger partial charge in [0, 0.05) is 25.0 Å². The average Bonchev–Trinajstić information content (AvgIpc) is 3.10. The summed E-state index contributed by atoms with van der Waals surface area (Å²) in [4.78, 5) is 26.0. The lowest BCUT2D eigenvalue weighted by atomic mass is 10.1. The van der Waals surface area contributed by atoms with E-state index in [-0.39, 0.29) is 18.7 Å². The minimum atomic E-state index is -0.740.